The molecule has 1 aliphatic rings. The molecular weight excluding hydrogens is 808 g/mol. The normalized spacial score (nSPS) is 19.6. The molecule has 6 aromatic rings. The Bertz CT molecular complexity index is 2560. The van der Waals surface area contributed by atoms with Crippen molar-refractivity contribution < 1.29 is 56.1 Å². The number of imidazole rings is 1. The minimum Gasteiger partial charge on any atom is -0.439 e. The lowest BCUT2D eigenvalue weighted by molar-refractivity contribution is -0.0554. The molecule has 306 valence electrons. The highest BCUT2D eigenvalue weighted by Gasteiger charge is 2.52. The van der Waals surface area contributed by atoms with Crippen LogP contribution in [0.1, 0.15) is 17.4 Å². The number of carbonyl (C=O) groups excluding carboxylic acids is 2. The molecule has 3 unspecified atom stereocenters. The van der Waals surface area contributed by atoms with Crippen LogP contribution in [0.3, 0.4) is 0 Å². The monoisotopic (exact) mass is 845 g/mol. The third-order valence-corrected chi connectivity index (χ3v) is 11.4. The number of carbonyl (C=O) groups is 2. The van der Waals surface area contributed by atoms with E-state index in [0.29, 0.717) is 22.6 Å². The highest BCUT2D eigenvalue weighted by molar-refractivity contribution is 7.61. The van der Waals surface area contributed by atoms with Crippen molar-refractivity contribution in [2.75, 3.05) is 17.2 Å². The van der Waals surface area contributed by atoms with Gasteiger partial charge in [-0.2, -0.15) is 4.31 Å². The van der Waals surface area contributed by atoms with E-state index in [1.165, 1.54) is 22.9 Å². The molecule has 2 amide bonds. The number of amides is 2. The van der Waals surface area contributed by atoms with Gasteiger partial charge in [-0.05, 0) is 42.8 Å². The van der Waals surface area contributed by atoms with E-state index in [1.807, 2.05) is 31.2 Å². The van der Waals surface area contributed by atoms with Crippen LogP contribution in [0.15, 0.2) is 139 Å². The smallest absolute Gasteiger partial charge is 0.439 e. The number of nitrogens with one attached hydrogen (secondary N) is 2. The summed E-state index contributed by atoms with van der Waals surface area (Å²) in [5.74, 6) is 0. The number of hydrogen-bond donors (Lipinski definition) is 4. The molecule has 0 spiro atoms. The SMILES string of the molecule is Cc1ccc(-c2cn3c(=O)n([C@@H]4O[C@H](COP(=O)(O)OP(=O)(O)OCc5ccccc5)C(OC(=O)Nc5ccccc5)[C@@H]4OC(=O)Nc4ccccc4)ccc3n2)cc1. The summed E-state index contributed by atoms with van der Waals surface area (Å²) >= 11 is 0. The molecule has 1 aliphatic heterocycles. The zero-order chi connectivity index (χ0) is 41.6. The largest absolute Gasteiger partial charge is 0.481 e. The quantitative estimate of drug-likeness (QED) is 0.0806. The van der Waals surface area contributed by atoms with Gasteiger partial charge in [-0.15, -0.1) is 0 Å². The van der Waals surface area contributed by atoms with Crippen molar-refractivity contribution in [3.8, 4) is 11.3 Å². The molecule has 59 heavy (non-hydrogen) atoms. The van der Waals surface area contributed by atoms with Gasteiger partial charge in [-0.3, -0.25) is 28.6 Å². The average molecular weight is 846 g/mol. The van der Waals surface area contributed by atoms with Gasteiger partial charge in [0, 0.05) is 29.3 Å². The predicted molar refractivity (Wildman–Crippen MR) is 212 cm³/mol. The second-order valence-electron chi connectivity index (χ2n) is 13.1. The van der Waals surface area contributed by atoms with Crippen LogP contribution in [0.5, 0.6) is 0 Å². The molecular formula is C39H37N5O13P2. The number of rotatable bonds is 14. The summed E-state index contributed by atoms with van der Waals surface area (Å²) in [6.45, 7) is 0.527. The van der Waals surface area contributed by atoms with E-state index in [9.17, 15) is 33.3 Å². The van der Waals surface area contributed by atoms with E-state index < -0.39 is 71.3 Å². The van der Waals surface area contributed by atoms with Crippen LogP contribution in [0.25, 0.3) is 16.9 Å². The fraction of sp³-hybridized carbons (Fsp3) is 0.179. The Balaban J connectivity index is 1.20. The van der Waals surface area contributed by atoms with E-state index >= 15 is 0 Å². The Hall–Kier alpha value is -5.94. The molecule has 0 bridgehead atoms. The summed E-state index contributed by atoms with van der Waals surface area (Å²) in [6, 6.07) is 33.7. The summed E-state index contributed by atoms with van der Waals surface area (Å²) in [5, 5.41) is 5.10. The summed E-state index contributed by atoms with van der Waals surface area (Å²) in [6.07, 6.45) is -5.72. The third kappa shape index (κ3) is 10.6. The molecule has 3 heterocycles. The molecule has 1 fully saturated rings. The Morgan fingerprint density at radius 1 is 0.763 bits per heavy atom. The van der Waals surface area contributed by atoms with Crippen molar-refractivity contribution in [2.24, 2.45) is 0 Å². The first kappa shape index (κ1) is 41.2. The minimum absolute atomic E-state index is 0.273. The molecule has 0 saturated carbocycles. The van der Waals surface area contributed by atoms with Gasteiger partial charge >= 0.3 is 33.5 Å². The molecule has 7 rings (SSSR count). The molecule has 4 aromatic carbocycles. The van der Waals surface area contributed by atoms with Gasteiger partial charge in [0.05, 0.1) is 18.9 Å². The fourth-order valence-corrected chi connectivity index (χ4v) is 8.12. The van der Waals surface area contributed by atoms with Gasteiger partial charge in [-0.1, -0.05) is 96.6 Å². The Morgan fingerprint density at radius 3 is 1.93 bits per heavy atom. The van der Waals surface area contributed by atoms with Crippen molar-refractivity contribution >= 4 is 44.9 Å². The number of anilines is 2. The van der Waals surface area contributed by atoms with Gasteiger partial charge in [0.25, 0.3) is 0 Å². The number of phosphoric acid groups is 2. The highest BCUT2D eigenvalue weighted by atomic mass is 31.3. The van der Waals surface area contributed by atoms with Crippen LogP contribution >= 0.6 is 15.6 Å². The highest BCUT2D eigenvalue weighted by Crippen LogP contribution is 2.61. The topological polar surface area (TPSA) is 227 Å². The maximum Gasteiger partial charge on any atom is 0.481 e. The number of phosphoric ester groups is 2. The lowest BCUT2D eigenvalue weighted by atomic mass is 10.1. The molecule has 20 heteroatoms. The summed E-state index contributed by atoms with van der Waals surface area (Å²) in [7, 11) is -10.6. The van der Waals surface area contributed by atoms with Crippen molar-refractivity contribution in [1.29, 1.82) is 0 Å². The molecule has 2 aromatic heterocycles. The van der Waals surface area contributed by atoms with Crippen LogP contribution < -0.4 is 16.3 Å². The van der Waals surface area contributed by atoms with Crippen molar-refractivity contribution in [3.05, 3.63) is 155 Å². The van der Waals surface area contributed by atoms with Crippen LogP contribution in [0, 0.1) is 6.92 Å². The lowest BCUT2D eigenvalue weighted by Crippen LogP contribution is -2.43. The van der Waals surface area contributed by atoms with E-state index in [4.69, 9.17) is 23.3 Å². The first-order valence-electron chi connectivity index (χ1n) is 17.9. The maximum atomic E-state index is 14.2. The summed E-state index contributed by atoms with van der Waals surface area (Å²) in [5.41, 5.74) is 2.95. The second-order valence-corrected chi connectivity index (χ2v) is 16.1. The van der Waals surface area contributed by atoms with Crippen LogP contribution in [-0.2, 0) is 43.3 Å². The fourth-order valence-electron chi connectivity index (χ4n) is 6.05. The van der Waals surface area contributed by atoms with E-state index in [1.54, 1.807) is 91.0 Å². The first-order chi connectivity index (χ1) is 28.3. The molecule has 0 radical (unpaired) electrons. The Kier molecular flexibility index (Phi) is 12.5. The van der Waals surface area contributed by atoms with Gasteiger partial charge in [0.2, 0.25) is 0 Å². The van der Waals surface area contributed by atoms with Crippen LogP contribution in [-0.4, -0.2) is 60.8 Å². The third-order valence-electron chi connectivity index (χ3n) is 8.82. The Morgan fingerprint density at radius 2 is 1.32 bits per heavy atom. The minimum atomic E-state index is -5.44. The predicted octanol–water partition coefficient (Wildman–Crippen LogP) is 7.05. The zero-order valence-corrected chi connectivity index (χ0v) is 32.8. The number of fused-ring (bicyclic) bond motifs is 1. The van der Waals surface area contributed by atoms with Crippen LogP contribution in [0.2, 0.25) is 0 Å². The number of aryl methyl sites for hydroxylation is 1. The number of hydrogen-bond acceptors (Lipinski definition) is 12. The van der Waals surface area contributed by atoms with Gasteiger partial charge in [0.1, 0.15) is 11.8 Å². The second kappa shape index (κ2) is 17.9. The maximum absolute atomic E-state index is 14.2. The first-order valence-corrected chi connectivity index (χ1v) is 20.9. The number of para-hydroxylation sites is 2. The number of nitrogens with zero attached hydrogens (tertiary/aromatic N) is 3. The Labute approximate surface area is 336 Å². The van der Waals surface area contributed by atoms with Gasteiger partial charge < -0.3 is 24.0 Å². The lowest BCUT2D eigenvalue weighted by Gasteiger charge is -2.25. The zero-order valence-electron chi connectivity index (χ0n) is 31.0. The standard InChI is InChI=1S/C39H37N5O13P2/c1-26-17-19-28(20-18-26)31-23-44-33(42-31)21-22-43(39(44)47)36-35(56-38(46)41-30-15-9-4-10-16-30)34(55-37(45)40-29-13-7-3-8-14-29)32(54-36)25-53-59(50,51)57-58(48,49)52-24-27-11-5-2-6-12-27/h2-23,32,34-36H,24-25H2,1H3,(H,40,45)(H,41,46)(H,48,49)(H,50,51)/t32-,34?,35+,36-/m1/s1. The van der Waals surface area contributed by atoms with E-state index in [-0.39, 0.29) is 5.65 Å². The number of benzene rings is 4. The van der Waals surface area contributed by atoms with E-state index in [2.05, 4.69) is 19.9 Å². The van der Waals surface area contributed by atoms with Crippen LogP contribution in [0.4, 0.5) is 21.0 Å². The molecule has 6 atom stereocenters. The molecule has 4 N–H and O–H groups in total. The summed E-state index contributed by atoms with van der Waals surface area (Å²) < 4.78 is 60.3. The number of aromatic nitrogens is 3. The van der Waals surface area contributed by atoms with Crippen molar-refractivity contribution in [1.82, 2.24) is 14.0 Å². The summed E-state index contributed by atoms with van der Waals surface area (Å²) in [4.78, 5) is 66.4. The van der Waals surface area contributed by atoms with Gasteiger partial charge in [0.15, 0.2) is 18.4 Å². The number of ether oxygens (including phenoxy) is 3. The molecule has 18 nitrogen and oxygen atoms in total. The van der Waals surface area contributed by atoms with Crippen molar-refractivity contribution in [3.63, 3.8) is 0 Å². The molecule has 1 saturated heterocycles. The van der Waals surface area contributed by atoms with Gasteiger partial charge in [-0.25, -0.2) is 28.5 Å². The van der Waals surface area contributed by atoms with E-state index in [0.717, 1.165) is 15.7 Å². The average Bonchev–Trinajstić information content (AvgIpc) is 3.79. The van der Waals surface area contributed by atoms with Crippen molar-refractivity contribution in [2.45, 2.75) is 38.1 Å². The molecule has 0 aliphatic carbocycles.